The number of thiophene rings is 1. The minimum absolute atomic E-state index is 0.0729. The van der Waals surface area contributed by atoms with Gasteiger partial charge in [0.1, 0.15) is 5.69 Å². The number of hydrogen-bond donors (Lipinski definition) is 2. The summed E-state index contributed by atoms with van der Waals surface area (Å²) in [7, 11) is 0. The summed E-state index contributed by atoms with van der Waals surface area (Å²) in [6.07, 6.45) is 1.41. The molecule has 0 bridgehead atoms. The fourth-order valence-electron chi connectivity index (χ4n) is 2.40. The van der Waals surface area contributed by atoms with E-state index in [-0.39, 0.29) is 37.5 Å². The molecular formula is C17H17N5O4S. The van der Waals surface area contributed by atoms with Gasteiger partial charge in [0.25, 0.3) is 11.1 Å². The summed E-state index contributed by atoms with van der Waals surface area (Å²) in [5, 5.41) is 8.93. The molecule has 3 heterocycles. The number of carbonyl (C=O) groups excluding carboxylic acids is 1. The Bertz CT molecular complexity index is 1100. The molecule has 0 saturated carbocycles. The van der Waals surface area contributed by atoms with Gasteiger partial charge in [-0.2, -0.15) is 5.10 Å². The van der Waals surface area contributed by atoms with Gasteiger partial charge in [-0.05, 0) is 17.5 Å². The third-order valence-electron chi connectivity index (χ3n) is 3.76. The van der Waals surface area contributed by atoms with Crippen molar-refractivity contribution in [2.75, 3.05) is 6.54 Å². The second kappa shape index (κ2) is 8.41. The molecule has 27 heavy (non-hydrogen) atoms. The van der Waals surface area contributed by atoms with Crippen LogP contribution in [0.5, 0.6) is 0 Å². The van der Waals surface area contributed by atoms with Gasteiger partial charge in [-0.25, -0.2) is 9.48 Å². The molecule has 0 aliphatic rings. The van der Waals surface area contributed by atoms with E-state index in [0.717, 1.165) is 4.88 Å². The highest BCUT2D eigenvalue weighted by atomic mass is 32.1. The van der Waals surface area contributed by atoms with Gasteiger partial charge >= 0.3 is 5.69 Å². The number of aryl methyl sites for hydroxylation is 1. The van der Waals surface area contributed by atoms with Gasteiger partial charge in [0.2, 0.25) is 5.91 Å². The lowest BCUT2D eigenvalue weighted by atomic mass is 10.3. The first-order chi connectivity index (χ1) is 13.0. The Morgan fingerprint density at radius 2 is 2.00 bits per heavy atom. The number of aromatic amines is 1. The minimum Gasteiger partial charge on any atom is -0.354 e. The van der Waals surface area contributed by atoms with Crippen LogP contribution in [-0.4, -0.2) is 31.8 Å². The Kier molecular flexibility index (Phi) is 5.77. The lowest BCUT2D eigenvalue weighted by Gasteiger charge is -2.08. The van der Waals surface area contributed by atoms with Crippen LogP contribution in [0, 0.1) is 0 Å². The number of hydrogen-bond acceptors (Lipinski definition) is 6. The van der Waals surface area contributed by atoms with Crippen molar-refractivity contribution in [3.05, 3.63) is 73.1 Å². The van der Waals surface area contributed by atoms with Gasteiger partial charge in [0, 0.05) is 37.8 Å². The first kappa shape index (κ1) is 18.5. The maximum Gasteiger partial charge on any atom is 0.328 e. The number of rotatable bonds is 7. The number of nitrogens with zero attached hydrogens (tertiary/aromatic N) is 3. The zero-order chi connectivity index (χ0) is 19.2. The molecule has 0 unspecified atom stereocenters. The van der Waals surface area contributed by atoms with Crippen molar-refractivity contribution in [1.29, 1.82) is 0 Å². The highest BCUT2D eigenvalue weighted by Crippen LogP contribution is 2.20. The standard InChI is InChI=1S/C17H17N5O4S/c23-14(5-8-21-9-6-15(24)19-17(21)26)18-7-10-22-16(25)4-3-12(20-22)13-2-1-11-27-13/h1-4,6,9,11H,5,7-8,10H2,(H,18,23)(H,19,24,26). The summed E-state index contributed by atoms with van der Waals surface area (Å²) < 4.78 is 2.55. The molecule has 1 amide bonds. The molecule has 0 atom stereocenters. The Morgan fingerprint density at radius 3 is 2.74 bits per heavy atom. The van der Waals surface area contributed by atoms with Crippen molar-refractivity contribution in [3.63, 3.8) is 0 Å². The second-order valence-electron chi connectivity index (χ2n) is 5.66. The number of H-pyrrole nitrogens is 1. The lowest BCUT2D eigenvalue weighted by Crippen LogP contribution is -2.34. The van der Waals surface area contributed by atoms with Crippen molar-refractivity contribution in [3.8, 4) is 10.6 Å². The Morgan fingerprint density at radius 1 is 1.15 bits per heavy atom. The van der Waals surface area contributed by atoms with E-state index in [1.54, 1.807) is 6.07 Å². The Labute approximate surface area is 156 Å². The van der Waals surface area contributed by atoms with Crippen molar-refractivity contribution < 1.29 is 4.79 Å². The van der Waals surface area contributed by atoms with Crippen LogP contribution in [-0.2, 0) is 17.9 Å². The Balaban J connectivity index is 1.53. The highest BCUT2D eigenvalue weighted by molar-refractivity contribution is 7.13. The molecule has 0 aliphatic heterocycles. The molecule has 0 aromatic carbocycles. The number of carbonyl (C=O) groups is 1. The molecular weight excluding hydrogens is 370 g/mol. The quantitative estimate of drug-likeness (QED) is 0.593. The summed E-state index contributed by atoms with van der Waals surface area (Å²) in [5.74, 6) is -0.268. The smallest absolute Gasteiger partial charge is 0.328 e. The van der Waals surface area contributed by atoms with E-state index in [2.05, 4.69) is 15.4 Å². The Hall–Kier alpha value is -3.27. The average molecular weight is 387 g/mol. The molecule has 9 nitrogen and oxygen atoms in total. The highest BCUT2D eigenvalue weighted by Gasteiger charge is 2.06. The number of amides is 1. The predicted molar refractivity (Wildman–Crippen MR) is 101 cm³/mol. The zero-order valence-electron chi connectivity index (χ0n) is 14.3. The van der Waals surface area contributed by atoms with E-state index < -0.39 is 11.2 Å². The van der Waals surface area contributed by atoms with Crippen LogP contribution < -0.4 is 22.1 Å². The number of nitrogens with one attached hydrogen (secondary N) is 2. The minimum atomic E-state index is -0.559. The molecule has 3 rings (SSSR count). The van der Waals surface area contributed by atoms with E-state index in [9.17, 15) is 19.2 Å². The van der Waals surface area contributed by atoms with Gasteiger partial charge in [-0.15, -0.1) is 11.3 Å². The molecule has 140 valence electrons. The van der Waals surface area contributed by atoms with Crippen LogP contribution >= 0.6 is 11.3 Å². The SMILES string of the molecule is O=C(CCn1ccc(=O)[nH]c1=O)NCCn1nc(-c2cccs2)ccc1=O. The molecule has 0 spiro atoms. The van der Waals surface area contributed by atoms with Gasteiger partial charge < -0.3 is 9.88 Å². The summed E-state index contributed by atoms with van der Waals surface area (Å²) in [6, 6.07) is 8.17. The predicted octanol–water partition coefficient (Wildman–Crippen LogP) is 0.0283. The summed E-state index contributed by atoms with van der Waals surface area (Å²) in [5.41, 5.74) is -0.586. The molecule has 2 N–H and O–H groups in total. The third kappa shape index (κ3) is 4.88. The van der Waals surface area contributed by atoms with Gasteiger partial charge in [-0.3, -0.25) is 19.4 Å². The topological polar surface area (TPSA) is 119 Å². The number of aromatic nitrogens is 4. The second-order valence-corrected chi connectivity index (χ2v) is 6.61. The normalized spacial score (nSPS) is 10.7. The lowest BCUT2D eigenvalue weighted by molar-refractivity contribution is -0.121. The van der Waals surface area contributed by atoms with Crippen molar-refractivity contribution in [2.45, 2.75) is 19.5 Å². The van der Waals surface area contributed by atoms with Crippen LogP contribution in [0.25, 0.3) is 10.6 Å². The largest absolute Gasteiger partial charge is 0.354 e. The van der Waals surface area contributed by atoms with Gasteiger partial charge in [0.15, 0.2) is 0 Å². The van der Waals surface area contributed by atoms with Crippen molar-refractivity contribution in [1.82, 2.24) is 24.6 Å². The molecule has 0 aliphatic carbocycles. The van der Waals surface area contributed by atoms with Crippen LogP contribution in [0.3, 0.4) is 0 Å². The first-order valence-corrected chi connectivity index (χ1v) is 9.09. The average Bonchev–Trinajstić information content (AvgIpc) is 3.17. The molecule has 10 heteroatoms. The zero-order valence-corrected chi connectivity index (χ0v) is 15.1. The van der Waals surface area contributed by atoms with E-state index in [0.29, 0.717) is 5.69 Å². The van der Waals surface area contributed by atoms with Crippen LogP contribution in [0.15, 0.2) is 56.3 Å². The monoisotopic (exact) mass is 387 g/mol. The van der Waals surface area contributed by atoms with E-state index in [1.807, 2.05) is 17.5 Å². The van der Waals surface area contributed by atoms with Gasteiger partial charge in [-0.1, -0.05) is 6.07 Å². The van der Waals surface area contributed by atoms with Crippen molar-refractivity contribution in [2.24, 2.45) is 0 Å². The molecule has 0 radical (unpaired) electrons. The molecule has 3 aromatic rings. The maximum absolute atomic E-state index is 11.9. The first-order valence-electron chi connectivity index (χ1n) is 8.21. The molecule has 3 aromatic heterocycles. The molecule has 0 fully saturated rings. The van der Waals surface area contributed by atoms with Crippen LogP contribution in [0.1, 0.15) is 6.42 Å². The van der Waals surface area contributed by atoms with Gasteiger partial charge in [0.05, 0.1) is 11.4 Å². The van der Waals surface area contributed by atoms with E-state index >= 15 is 0 Å². The van der Waals surface area contributed by atoms with Crippen LogP contribution in [0.2, 0.25) is 0 Å². The summed E-state index contributed by atoms with van der Waals surface area (Å²) in [6.45, 7) is 0.621. The fourth-order valence-corrected chi connectivity index (χ4v) is 3.09. The summed E-state index contributed by atoms with van der Waals surface area (Å²) >= 11 is 1.53. The van der Waals surface area contributed by atoms with E-state index in [1.165, 1.54) is 38.9 Å². The van der Waals surface area contributed by atoms with Crippen LogP contribution in [0.4, 0.5) is 0 Å². The molecule has 0 saturated heterocycles. The fraction of sp³-hybridized carbons (Fsp3) is 0.235. The third-order valence-corrected chi connectivity index (χ3v) is 4.66. The summed E-state index contributed by atoms with van der Waals surface area (Å²) in [4.78, 5) is 49.5. The maximum atomic E-state index is 11.9. The van der Waals surface area contributed by atoms with E-state index in [4.69, 9.17) is 0 Å². The van der Waals surface area contributed by atoms with Crippen molar-refractivity contribution >= 4 is 17.2 Å².